The van der Waals surface area contributed by atoms with E-state index in [9.17, 15) is 0 Å². The van der Waals surface area contributed by atoms with Crippen LogP contribution in [0.4, 0.5) is 11.1 Å². The van der Waals surface area contributed by atoms with Gasteiger partial charge in [-0.3, -0.25) is 0 Å². The van der Waals surface area contributed by atoms with Crippen molar-refractivity contribution in [2.75, 3.05) is 5.32 Å². The number of nitrogens with one attached hydrogen (secondary N) is 1. The van der Waals surface area contributed by atoms with Crippen LogP contribution in [0.15, 0.2) is 40.2 Å². The maximum absolute atomic E-state index is 4.58. The number of hydrogen-bond acceptors (Lipinski definition) is 5. The Morgan fingerprint density at radius 1 is 1.00 bits per heavy atom. The summed E-state index contributed by atoms with van der Waals surface area (Å²) in [7, 11) is 0. The Morgan fingerprint density at radius 3 is 2.33 bits per heavy atom. The molecule has 0 aliphatic rings. The van der Waals surface area contributed by atoms with Crippen LogP contribution in [0.25, 0.3) is 11.3 Å². The monoisotopic (exact) mass is 360 g/mol. The second-order valence-corrected chi connectivity index (χ2v) is 6.42. The lowest BCUT2D eigenvalue weighted by Crippen LogP contribution is -1.99. The highest BCUT2D eigenvalue weighted by Gasteiger charge is 2.06. The molecule has 0 atom stereocenters. The average molecular weight is 361 g/mol. The highest BCUT2D eigenvalue weighted by atomic mass is 79.9. The van der Waals surface area contributed by atoms with E-state index in [1.54, 1.807) is 11.3 Å². The molecule has 0 saturated heterocycles. The maximum Gasteiger partial charge on any atom is 0.229 e. The van der Waals surface area contributed by atoms with E-state index in [4.69, 9.17) is 0 Å². The van der Waals surface area contributed by atoms with Gasteiger partial charge >= 0.3 is 0 Å². The molecule has 21 heavy (non-hydrogen) atoms. The van der Waals surface area contributed by atoms with Crippen molar-refractivity contribution in [1.82, 2.24) is 15.0 Å². The first kappa shape index (κ1) is 14.2. The molecule has 6 heteroatoms. The minimum Gasteiger partial charge on any atom is -0.300 e. The summed E-state index contributed by atoms with van der Waals surface area (Å²) in [4.78, 5) is 13.3. The van der Waals surface area contributed by atoms with Crippen LogP contribution in [0.1, 0.15) is 11.4 Å². The Bertz CT molecular complexity index is 747. The summed E-state index contributed by atoms with van der Waals surface area (Å²) in [5, 5.41) is 5.97. The maximum atomic E-state index is 4.58. The van der Waals surface area contributed by atoms with Crippen LogP contribution in [0.2, 0.25) is 0 Å². The van der Waals surface area contributed by atoms with E-state index in [0.717, 1.165) is 32.2 Å². The van der Waals surface area contributed by atoms with Crippen LogP contribution in [0, 0.1) is 13.8 Å². The summed E-state index contributed by atoms with van der Waals surface area (Å²) >= 11 is 4.98. The van der Waals surface area contributed by atoms with E-state index in [0.29, 0.717) is 5.95 Å². The number of rotatable bonds is 3. The number of anilines is 2. The summed E-state index contributed by atoms with van der Waals surface area (Å²) in [6, 6.07) is 10.0. The van der Waals surface area contributed by atoms with Gasteiger partial charge in [0.25, 0.3) is 0 Å². The smallest absolute Gasteiger partial charge is 0.229 e. The van der Waals surface area contributed by atoms with E-state index in [1.807, 2.05) is 49.6 Å². The summed E-state index contributed by atoms with van der Waals surface area (Å²) in [6.45, 7) is 3.91. The number of halogens is 1. The third kappa shape index (κ3) is 3.46. The largest absolute Gasteiger partial charge is 0.300 e. The van der Waals surface area contributed by atoms with Crippen molar-refractivity contribution in [1.29, 1.82) is 0 Å². The molecular weight excluding hydrogens is 348 g/mol. The van der Waals surface area contributed by atoms with Crippen molar-refractivity contribution in [2.24, 2.45) is 0 Å². The number of thiazole rings is 1. The molecule has 0 bridgehead atoms. The van der Waals surface area contributed by atoms with Gasteiger partial charge in [-0.25, -0.2) is 15.0 Å². The second kappa shape index (κ2) is 5.91. The molecule has 3 aromatic rings. The fraction of sp³-hybridized carbons (Fsp3) is 0.133. The third-order valence-electron chi connectivity index (χ3n) is 2.85. The first-order valence-electron chi connectivity index (χ1n) is 6.41. The van der Waals surface area contributed by atoms with E-state index in [1.165, 1.54) is 0 Å². The Hall–Kier alpha value is -1.79. The van der Waals surface area contributed by atoms with Gasteiger partial charge in [0.1, 0.15) is 0 Å². The summed E-state index contributed by atoms with van der Waals surface area (Å²) < 4.78 is 1.06. The fourth-order valence-electron chi connectivity index (χ4n) is 1.96. The molecule has 3 rings (SSSR count). The highest BCUT2D eigenvalue weighted by molar-refractivity contribution is 9.10. The Labute approximate surface area is 135 Å². The minimum absolute atomic E-state index is 0.587. The van der Waals surface area contributed by atoms with Crippen molar-refractivity contribution in [3.05, 3.63) is 51.6 Å². The number of aromatic nitrogens is 3. The van der Waals surface area contributed by atoms with Crippen molar-refractivity contribution < 1.29 is 0 Å². The van der Waals surface area contributed by atoms with Gasteiger partial charge in [0.2, 0.25) is 5.95 Å². The van der Waals surface area contributed by atoms with Gasteiger partial charge in [-0.15, -0.1) is 11.3 Å². The first-order valence-corrected chi connectivity index (χ1v) is 8.08. The van der Waals surface area contributed by atoms with Gasteiger partial charge in [0, 0.05) is 26.8 Å². The zero-order valence-corrected chi connectivity index (χ0v) is 14.0. The minimum atomic E-state index is 0.587. The molecule has 0 aliphatic carbocycles. The lowest BCUT2D eigenvalue weighted by atomic mass is 10.2. The number of benzene rings is 1. The molecule has 2 aromatic heterocycles. The van der Waals surface area contributed by atoms with E-state index >= 15 is 0 Å². The normalized spacial score (nSPS) is 10.6. The van der Waals surface area contributed by atoms with Crippen molar-refractivity contribution >= 4 is 38.3 Å². The van der Waals surface area contributed by atoms with Crippen LogP contribution in [0.5, 0.6) is 0 Å². The van der Waals surface area contributed by atoms with Crippen molar-refractivity contribution in [2.45, 2.75) is 13.8 Å². The van der Waals surface area contributed by atoms with Crippen LogP contribution in [-0.4, -0.2) is 15.0 Å². The number of aryl methyl sites for hydroxylation is 2. The lowest BCUT2D eigenvalue weighted by Gasteiger charge is -2.03. The van der Waals surface area contributed by atoms with Crippen molar-refractivity contribution in [3.63, 3.8) is 0 Å². The van der Waals surface area contributed by atoms with Crippen molar-refractivity contribution in [3.8, 4) is 11.3 Å². The summed E-state index contributed by atoms with van der Waals surface area (Å²) in [5.41, 5.74) is 3.91. The molecule has 1 aromatic carbocycles. The molecular formula is C15H13BrN4S. The molecule has 0 fully saturated rings. The highest BCUT2D eigenvalue weighted by Crippen LogP contribution is 2.27. The third-order valence-corrected chi connectivity index (χ3v) is 4.13. The molecule has 2 heterocycles. The molecule has 0 radical (unpaired) electrons. The lowest BCUT2D eigenvalue weighted by molar-refractivity contribution is 1.06. The van der Waals surface area contributed by atoms with Gasteiger partial charge in [0.15, 0.2) is 5.13 Å². The SMILES string of the molecule is Cc1cc(C)nc(Nc2nc(-c3ccc(Br)cc3)cs2)n1. The first-order chi connectivity index (χ1) is 10.1. The molecule has 0 spiro atoms. The predicted molar refractivity (Wildman–Crippen MR) is 90.0 cm³/mol. The van der Waals surface area contributed by atoms with Gasteiger partial charge in [-0.2, -0.15) is 0 Å². The topological polar surface area (TPSA) is 50.7 Å². The quantitative estimate of drug-likeness (QED) is 0.733. The molecule has 0 saturated carbocycles. The second-order valence-electron chi connectivity index (χ2n) is 4.64. The Morgan fingerprint density at radius 2 is 1.67 bits per heavy atom. The fourth-order valence-corrected chi connectivity index (χ4v) is 2.94. The van der Waals surface area contributed by atoms with Crippen LogP contribution < -0.4 is 5.32 Å². The molecule has 106 valence electrons. The number of nitrogens with zero attached hydrogens (tertiary/aromatic N) is 3. The molecule has 1 N–H and O–H groups in total. The number of hydrogen-bond donors (Lipinski definition) is 1. The van der Waals surface area contributed by atoms with Gasteiger partial charge < -0.3 is 5.32 Å². The zero-order chi connectivity index (χ0) is 14.8. The van der Waals surface area contributed by atoms with Crippen LogP contribution in [0.3, 0.4) is 0 Å². The van der Waals surface area contributed by atoms with Gasteiger partial charge in [0.05, 0.1) is 5.69 Å². The summed E-state index contributed by atoms with van der Waals surface area (Å²) in [6.07, 6.45) is 0. The van der Waals surface area contributed by atoms with E-state index < -0.39 is 0 Å². The van der Waals surface area contributed by atoms with E-state index in [-0.39, 0.29) is 0 Å². The Kier molecular flexibility index (Phi) is 3.98. The molecule has 0 aliphatic heterocycles. The zero-order valence-electron chi connectivity index (χ0n) is 11.6. The van der Waals surface area contributed by atoms with Crippen LogP contribution >= 0.6 is 27.3 Å². The molecule has 4 nitrogen and oxygen atoms in total. The summed E-state index contributed by atoms with van der Waals surface area (Å²) in [5.74, 6) is 0.587. The predicted octanol–water partition coefficient (Wildman–Crippen LogP) is 4.72. The molecule has 0 amide bonds. The Balaban J connectivity index is 1.83. The van der Waals surface area contributed by atoms with Crippen LogP contribution in [-0.2, 0) is 0 Å². The standard InChI is InChI=1S/C15H13BrN4S/c1-9-7-10(2)18-14(17-9)20-15-19-13(8-21-15)11-3-5-12(16)6-4-11/h3-8H,1-2H3,(H,17,18,19,20). The van der Waals surface area contributed by atoms with Gasteiger partial charge in [-0.05, 0) is 32.0 Å². The average Bonchev–Trinajstić information content (AvgIpc) is 2.87. The van der Waals surface area contributed by atoms with E-state index in [2.05, 4.69) is 36.2 Å². The molecule has 0 unspecified atom stereocenters. The van der Waals surface area contributed by atoms with Gasteiger partial charge in [-0.1, -0.05) is 28.1 Å².